The molecule has 1 aromatic rings. The molecule has 0 saturated heterocycles. The molecule has 0 aliphatic heterocycles. The van der Waals surface area contributed by atoms with Crippen molar-refractivity contribution in [2.45, 2.75) is 38.4 Å². The van der Waals surface area contributed by atoms with Crippen LogP contribution in [0.1, 0.15) is 37.3 Å². The Morgan fingerprint density at radius 3 is 2.32 bits per heavy atom. The number of carbonyl (C=O) groups is 1. The van der Waals surface area contributed by atoms with E-state index in [1.54, 1.807) is 0 Å². The van der Waals surface area contributed by atoms with Gasteiger partial charge < -0.3 is 5.32 Å². The second-order valence-corrected chi connectivity index (χ2v) is 5.23. The van der Waals surface area contributed by atoms with Crippen LogP contribution in [0.2, 0.25) is 0 Å². The first kappa shape index (κ1) is 13.9. The Balaban J connectivity index is 2.00. The van der Waals surface area contributed by atoms with Crippen molar-refractivity contribution in [1.82, 2.24) is 5.32 Å². The molecule has 2 nitrogen and oxygen atoms in total. The molecule has 5 heteroatoms. The van der Waals surface area contributed by atoms with Gasteiger partial charge in [0, 0.05) is 12.0 Å². The molecular weight excluding hydrogens is 255 g/mol. The number of nitrogens with one attached hydrogen (secondary N) is 1. The summed E-state index contributed by atoms with van der Waals surface area (Å²) in [7, 11) is 0. The van der Waals surface area contributed by atoms with Gasteiger partial charge in [-0.05, 0) is 43.9 Å². The van der Waals surface area contributed by atoms with E-state index in [-0.39, 0.29) is 23.8 Å². The molecule has 0 aromatic heterocycles. The first-order valence-electron chi connectivity index (χ1n) is 6.26. The van der Waals surface area contributed by atoms with Gasteiger partial charge in [0.2, 0.25) is 5.91 Å². The number of amides is 1. The van der Waals surface area contributed by atoms with E-state index in [0.717, 1.165) is 17.7 Å². The van der Waals surface area contributed by atoms with E-state index in [1.807, 2.05) is 13.8 Å². The van der Waals surface area contributed by atoms with Gasteiger partial charge in [0.25, 0.3) is 0 Å². The molecule has 1 fully saturated rings. The average Bonchev–Trinajstić information content (AvgIpc) is 3.07. The summed E-state index contributed by atoms with van der Waals surface area (Å²) in [6.45, 7) is 3.76. The predicted molar refractivity (Wildman–Crippen MR) is 65.6 cm³/mol. The van der Waals surface area contributed by atoms with Crippen LogP contribution in [0.15, 0.2) is 24.3 Å². The highest BCUT2D eigenvalue weighted by Crippen LogP contribution is 2.48. The number of carbonyl (C=O) groups excluding carboxylic acids is 1. The monoisotopic (exact) mass is 271 g/mol. The minimum atomic E-state index is -4.31. The molecule has 1 aliphatic rings. The van der Waals surface area contributed by atoms with Crippen LogP contribution >= 0.6 is 0 Å². The lowest BCUT2D eigenvalue weighted by Gasteiger charge is -2.09. The average molecular weight is 271 g/mol. The van der Waals surface area contributed by atoms with E-state index in [9.17, 15) is 18.0 Å². The number of halogens is 3. The number of hydrogen-bond acceptors (Lipinski definition) is 1. The molecule has 104 valence electrons. The third-order valence-electron chi connectivity index (χ3n) is 3.22. The van der Waals surface area contributed by atoms with Crippen molar-refractivity contribution < 1.29 is 18.0 Å². The van der Waals surface area contributed by atoms with Gasteiger partial charge in [-0.25, -0.2) is 0 Å². The molecule has 19 heavy (non-hydrogen) atoms. The third kappa shape index (κ3) is 3.28. The zero-order valence-corrected chi connectivity index (χ0v) is 10.8. The van der Waals surface area contributed by atoms with Gasteiger partial charge >= 0.3 is 6.18 Å². The number of hydrogen-bond donors (Lipinski definition) is 1. The highest BCUT2D eigenvalue weighted by Gasteiger charge is 2.44. The molecule has 0 spiro atoms. The van der Waals surface area contributed by atoms with E-state index in [1.165, 1.54) is 12.1 Å². The van der Waals surface area contributed by atoms with Gasteiger partial charge in [-0.3, -0.25) is 4.79 Å². The van der Waals surface area contributed by atoms with Crippen molar-refractivity contribution in [3.05, 3.63) is 35.4 Å². The highest BCUT2D eigenvalue weighted by molar-refractivity contribution is 5.83. The summed E-state index contributed by atoms with van der Waals surface area (Å²) in [5.74, 6) is -0.0555. The number of alkyl halides is 3. The third-order valence-corrected chi connectivity index (χ3v) is 3.22. The zero-order valence-electron chi connectivity index (χ0n) is 10.8. The standard InChI is InChI=1S/C14H16F3NO/c1-8(2)18-13(19)12-7-11(12)9-3-5-10(6-4-9)14(15,16)17/h3-6,8,11-12H,7H2,1-2H3,(H,18,19). The molecule has 1 saturated carbocycles. The number of benzene rings is 1. The molecule has 1 aromatic carbocycles. The highest BCUT2D eigenvalue weighted by atomic mass is 19.4. The van der Waals surface area contributed by atoms with Crippen LogP contribution in [0, 0.1) is 5.92 Å². The normalized spacial score (nSPS) is 22.4. The molecular formula is C14H16F3NO. The minimum Gasteiger partial charge on any atom is -0.354 e. The minimum absolute atomic E-state index is 0.0140. The van der Waals surface area contributed by atoms with E-state index >= 15 is 0 Å². The lowest BCUT2D eigenvalue weighted by molar-refractivity contribution is -0.137. The maximum atomic E-state index is 12.4. The van der Waals surface area contributed by atoms with E-state index in [0.29, 0.717) is 6.42 Å². The summed E-state index contributed by atoms with van der Waals surface area (Å²) in [5, 5.41) is 2.82. The van der Waals surface area contributed by atoms with E-state index < -0.39 is 11.7 Å². The van der Waals surface area contributed by atoms with Gasteiger partial charge in [0.1, 0.15) is 0 Å². The fraction of sp³-hybridized carbons (Fsp3) is 0.500. The Morgan fingerprint density at radius 2 is 1.84 bits per heavy atom. The Kier molecular flexibility index (Phi) is 3.56. The Morgan fingerprint density at radius 1 is 1.26 bits per heavy atom. The quantitative estimate of drug-likeness (QED) is 0.897. The summed E-state index contributed by atoms with van der Waals surface area (Å²) >= 11 is 0. The van der Waals surface area contributed by atoms with Crippen LogP contribution in [0.5, 0.6) is 0 Å². The summed E-state index contributed by atoms with van der Waals surface area (Å²) < 4.78 is 37.3. The van der Waals surface area contributed by atoms with Crippen molar-refractivity contribution in [1.29, 1.82) is 0 Å². The fourth-order valence-corrected chi connectivity index (χ4v) is 2.16. The van der Waals surface area contributed by atoms with Gasteiger partial charge in [-0.2, -0.15) is 13.2 Å². The van der Waals surface area contributed by atoms with Crippen molar-refractivity contribution >= 4 is 5.91 Å². The molecule has 1 aliphatic carbocycles. The molecule has 2 unspecified atom stereocenters. The second kappa shape index (κ2) is 4.87. The maximum absolute atomic E-state index is 12.4. The van der Waals surface area contributed by atoms with Crippen LogP contribution in [-0.2, 0) is 11.0 Å². The topological polar surface area (TPSA) is 29.1 Å². The van der Waals surface area contributed by atoms with Crippen LogP contribution in [0.3, 0.4) is 0 Å². The first-order chi connectivity index (χ1) is 8.79. The molecule has 1 amide bonds. The van der Waals surface area contributed by atoms with E-state index in [2.05, 4.69) is 5.32 Å². The summed E-state index contributed by atoms with van der Waals surface area (Å²) in [6, 6.07) is 5.17. The van der Waals surface area contributed by atoms with Crippen molar-refractivity contribution in [3.8, 4) is 0 Å². The largest absolute Gasteiger partial charge is 0.416 e. The lowest BCUT2D eigenvalue weighted by atomic mass is 10.1. The van der Waals surface area contributed by atoms with Gasteiger partial charge in [0.05, 0.1) is 5.56 Å². The summed E-state index contributed by atoms with van der Waals surface area (Å²) in [6.07, 6.45) is -3.60. The molecule has 2 rings (SSSR count). The fourth-order valence-electron chi connectivity index (χ4n) is 2.16. The summed E-state index contributed by atoms with van der Waals surface area (Å²) in [4.78, 5) is 11.7. The molecule has 1 N–H and O–H groups in total. The Hall–Kier alpha value is -1.52. The Bertz CT molecular complexity index is 465. The predicted octanol–water partition coefficient (Wildman–Crippen LogP) is 3.33. The van der Waals surface area contributed by atoms with Gasteiger partial charge in [0.15, 0.2) is 0 Å². The molecule has 0 heterocycles. The van der Waals surface area contributed by atoms with Gasteiger partial charge in [-0.15, -0.1) is 0 Å². The number of rotatable bonds is 3. The maximum Gasteiger partial charge on any atom is 0.416 e. The van der Waals surface area contributed by atoms with Crippen LogP contribution in [0.25, 0.3) is 0 Å². The van der Waals surface area contributed by atoms with Crippen LogP contribution in [-0.4, -0.2) is 11.9 Å². The SMILES string of the molecule is CC(C)NC(=O)C1CC1c1ccc(C(F)(F)F)cc1. The lowest BCUT2D eigenvalue weighted by Crippen LogP contribution is -2.31. The summed E-state index contributed by atoms with van der Waals surface area (Å²) in [5.41, 5.74) is 0.150. The zero-order chi connectivity index (χ0) is 14.2. The van der Waals surface area contributed by atoms with Crippen molar-refractivity contribution in [2.24, 2.45) is 5.92 Å². The second-order valence-electron chi connectivity index (χ2n) is 5.23. The van der Waals surface area contributed by atoms with Crippen LogP contribution < -0.4 is 5.32 Å². The van der Waals surface area contributed by atoms with Crippen LogP contribution in [0.4, 0.5) is 13.2 Å². The van der Waals surface area contributed by atoms with Gasteiger partial charge in [-0.1, -0.05) is 12.1 Å². The van der Waals surface area contributed by atoms with E-state index in [4.69, 9.17) is 0 Å². The van der Waals surface area contributed by atoms with Crippen molar-refractivity contribution in [2.75, 3.05) is 0 Å². The first-order valence-corrected chi connectivity index (χ1v) is 6.26. The Labute approximate surface area is 110 Å². The smallest absolute Gasteiger partial charge is 0.354 e. The molecule has 2 atom stereocenters. The van der Waals surface area contributed by atoms with Crippen molar-refractivity contribution in [3.63, 3.8) is 0 Å². The molecule has 0 radical (unpaired) electrons. The molecule has 0 bridgehead atoms.